The Morgan fingerprint density at radius 2 is 1.73 bits per heavy atom. The molecule has 158 valence electrons. The van der Waals surface area contributed by atoms with E-state index >= 15 is 0 Å². The number of methoxy groups -OCH3 is 1. The highest BCUT2D eigenvalue weighted by Crippen LogP contribution is 2.31. The van der Waals surface area contributed by atoms with Crippen LogP contribution in [0.3, 0.4) is 0 Å². The molecule has 2 aliphatic rings. The predicted octanol–water partition coefficient (Wildman–Crippen LogP) is 3.01. The first-order valence-electron chi connectivity index (χ1n) is 10.5. The van der Waals surface area contributed by atoms with E-state index in [9.17, 15) is 9.59 Å². The Balaban J connectivity index is 1.40. The van der Waals surface area contributed by atoms with E-state index in [2.05, 4.69) is 4.90 Å². The van der Waals surface area contributed by atoms with Gasteiger partial charge in [-0.05, 0) is 43.2 Å². The lowest BCUT2D eigenvalue weighted by Gasteiger charge is -2.37. The Morgan fingerprint density at radius 1 is 1.00 bits per heavy atom. The Kier molecular flexibility index (Phi) is 5.66. The molecule has 0 N–H and O–H groups in total. The van der Waals surface area contributed by atoms with Crippen LogP contribution < -0.4 is 14.5 Å². The monoisotopic (exact) mass is 407 g/mol. The highest BCUT2D eigenvalue weighted by Gasteiger charge is 2.38. The number of para-hydroxylation sites is 2. The molecule has 4 rings (SSSR count). The van der Waals surface area contributed by atoms with Gasteiger partial charge in [0.15, 0.2) is 0 Å². The van der Waals surface area contributed by atoms with E-state index < -0.39 is 0 Å². The molecule has 2 heterocycles. The molecule has 0 bridgehead atoms. The molecule has 1 atom stereocenters. The number of hydrogen-bond acceptors (Lipinski definition) is 4. The van der Waals surface area contributed by atoms with Gasteiger partial charge in [0.05, 0.1) is 18.7 Å². The second kappa shape index (κ2) is 8.38. The zero-order chi connectivity index (χ0) is 21.3. The fraction of sp³-hybridized carbons (Fsp3) is 0.417. The number of rotatable bonds is 4. The number of carbonyl (C=O) groups is 2. The minimum atomic E-state index is -0.268. The van der Waals surface area contributed by atoms with Crippen molar-refractivity contribution in [1.29, 1.82) is 0 Å². The Morgan fingerprint density at radius 3 is 2.47 bits per heavy atom. The van der Waals surface area contributed by atoms with Crippen molar-refractivity contribution in [1.82, 2.24) is 4.90 Å². The number of carbonyl (C=O) groups excluding carboxylic acids is 2. The van der Waals surface area contributed by atoms with Crippen molar-refractivity contribution < 1.29 is 14.3 Å². The third-order valence-corrected chi connectivity index (χ3v) is 6.15. The van der Waals surface area contributed by atoms with Crippen molar-refractivity contribution in [2.24, 2.45) is 5.92 Å². The standard InChI is InChI=1S/C24H29N3O3/c1-17-8-9-18(2)21(14-17)27-16-19(15-23(27)28)24(29)26-12-10-25(11-13-26)20-6-4-5-7-22(20)30-3/h4-9,14,19H,10-13,15-16H2,1-3H3. The van der Waals surface area contributed by atoms with Crippen LogP contribution in [0.25, 0.3) is 0 Å². The van der Waals surface area contributed by atoms with Gasteiger partial charge in [-0.1, -0.05) is 24.3 Å². The van der Waals surface area contributed by atoms with E-state index in [4.69, 9.17) is 4.74 Å². The fourth-order valence-corrected chi connectivity index (χ4v) is 4.43. The molecule has 0 radical (unpaired) electrons. The van der Waals surface area contributed by atoms with Gasteiger partial charge in [-0.3, -0.25) is 9.59 Å². The first-order chi connectivity index (χ1) is 14.5. The summed E-state index contributed by atoms with van der Waals surface area (Å²) in [5.41, 5.74) is 4.17. The molecule has 6 heteroatoms. The van der Waals surface area contributed by atoms with Crippen LogP contribution in [0.2, 0.25) is 0 Å². The van der Waals surface area contributed by atoms with Gasteiger partial charge in [0.25, 0.3) is 0 Å². The number of nitrogens with zero attached hydrogens (tertiary/aromatic N) is 3. The van der Waals surface area contributed by atoms with Crippen molar-refractivity contribution in [3.63, 3.8) is 0 Å². The SMILES string of the molecule is COc1ccccc1N1CCN(C(=O)C2CC(=O)N(c3cc(C)ccc3C)C2)CC1. The largest absolute Gasteiger partial charge is 0.495 e. The molecular weight excluding hydrogens is 378 g/mol. The summed E-state index contributed by atoms with van der Waals surface area (Å²) in [6.07, 6.45) is 0.291. The number of anilines is 2. The predicted molar refractivity (Wildman–Crippen MR) is 118 cm³/mol. The minimum Gasteiger partial charge on any atom is -0.495 e. The number of ether oxygens (including phenoxy) is 1. The first kappa shape index (κ1) is 20.3. The molecule has 30 heavy (non-hydrogen) atoms. The summed E-state index contributed by atoms with van der Waals surface area (Å²) >= 11 is 0. The minimum absolute atomic E-state index is 0.0368. The summed E-state index contributed by atoms with van der Waals surface area (Å²) in [6.45, 7) is 7.33. The summed E-state index contributed by atoms with van der Waals surface area (Å²) in [5.74, 6) is 0.712. The lowest BCUT2D eigenvalue weighted by atomic mass is 10.1. The normalized spacial score (nSPS) is 19.4. The van der Waals surface area contributed by atoms with E-state index in [1.807, 2.05) is 61.2 Å². The van der Waals surface area contributed by atoms with Gasteiger partial charge >= 0.3 is 0 Å². The highest BCUT2D eigenvalue weighted by molar-refractivity contribution is 6.01. The fourth-order valence-electron chi connectivity index (χ4n) is 4.43. The van der Waals surface area contributed by atoms with Crippen LogP contribution in [0.15, 0.2) is 42.5 Å². The second-order valence-electron chi connectivity index (χ2n) is 8.18. The van der Waals surface area contributed by atoms with Crippen LogP contribution in [0.5, 0.6) is 5.75 Å². The van der Waals surface area contributed by atoms with Gasteiger partial charge in [-0.25, -0.2) is 0 Å². The van der Waals surface area contributed by atoms with Gasteiger partial charge in [0.1, 0.15) is 5.75 Å². The molecule has 0 saturated carbocycles. The molecule has 1 unspecified atom stereocenters. The molecule has 2 fully saturated rings. The van der Waals surface area contributed by atoms with Crippen LogP contribution >= 0.6 is 0 Å². The van der Waals surface area contributed by atoms with Crippen LogP contribution in [0.4, 0.5) is 11.4 Å². The molecule has 0 aromatic heterocycles. The third kappa shape index (κ3) is 3.86. The van der Waals surface area contributed by atoms with E-state index in [1.54, 1.807) is 12.0 Å². The molecule has 2 saturated heterocycles. The van der Waals surface area contributed by atoms with E-state index in [-0.39, 0.29) is 17.7 Å². The second-order valence-corrected chi connectivity index (χ2v) is 8.18. The molecule has 2 amide bonds. The van der Waals surface area contributed by atoms with E-state index in [0.29, 0.717) is 26.1 Å². The quantitative estimate of drug-likeness (QED) is 0.782. The molecule has 0 spiro atoms. The number of benzene rings is 2. The Hall–Kier alpha value is -3.02. The van der Waals surface area contributed by atoms with E-state index in [1.165, 1.54) is 0 Å². The summed E-state index contributed by atoms with van der Waals surface area (Å²) in [7, 11) is 1.68. The summed E-state index contributed by atoms with van der Waals surface area (Å²) in [6, 6.07) is 14.1. The van der Waals surface area contributed by atoms with Crippen LogP contribution in [0, 0.1) is 19.8 Å². The van der Waals surface area contributed by atoms with Crippen LogP contribution in [-0.2, 0) is 9.59 Å². The van der Waals surface area contributed by atoms with Crippen LogP contribution in [0.1, 0.15) is 17.5 Å². The average Bonchev–Trinajstić information content (AvgIpc) is 3.16. The molecule has 0 aliphatic carbocycles. The number of amides is 2. The number of piperazine rings is 1. The van der Waals surface area contributed by atoms with Gasteiger partial charge in [0.2, 0.25) is 11.8 Å². The Labute approximate surface area is 178 Å². The topological polar surface area (TPSA) is 53.1 Å². The van der Waals surface area contributed by atoms with Gasteiger partial charge in [-0.15, -0.1) is 0 Å². The molecular formula is C24H29N3O3. The smallest absolute Gasteiger partial charge is 0.228 e. The van der Waals surface area contributed by atoms with Crippen molar-refractivity contribution >= 4 is 23.2 Å². The van der Waals surface area contributed by atoms with Gasteiger partial charge in [0, 0.05) is 44.8 Å². The Bertz CT molecular complexity index is 950. The van der Waals surface area contributed by atoms with Crippen molar-refractivity contribution in [3.05, 3.63) is 53.6 Å². The summed E-state index contributed by atoms with van der Waals surface area (Å²) in [5, 5.41) is 0. The van der Waals surface area contributed by atoms with Crippen molar-refractivity contribution in [3.8, 4) is 5.75 Å². The maximum absolute atomic E-state index is 13.1. The van der Waals surface area contributed by atoms with E-state index in [0.717, 1.165) is 41.3 Å². The lowest BCUT2D eigenvalue weighted by molar-refractivity contribution is -0.136. The lowest BCUT2D eigenvalue weighted by Crippen LogP contribution is -2.50. The maximum Gasteiger partial charge on any atom is 0.228 e. The summed E-state index contributed by atoms with van der Waals surface area (Å²) < 4.78 is 5.47. The first-order valence-corrected chi connectivity index (χ1v) is 10.5. The van der Waals surface area contributed by atoms with Gasteiger partial charge < -0.3 is 19.4 Å². The van der Waals surface area contributed by atoms with Gasteiger partial charge in [-0.2, -0.15) is 0 Å². The van der Waals surface area contributed by atoms with Crippen molar-refractivity contribution in [2.75, 3.05) is 49.6 Å². The highest BCUT2D eigenvalue weighted by atomic mass is 16.5. The molecule has 2 aromatic rings. The summed E-state index contributed by atoms with van der Waals surface area (Å²) in [4.78, 5) is 31.8. The molecule has 2 aliphatic heterocycles. The zero-order valence-electron chi connectivity index (χ0n) is 17.9. The zero-order valence-corrected chi connectivity index (χ0v) is 17.9. The van der Waals surface area contributed by atoms with Crippen molar-refractivity contribution in [2.45, 2.75) is 20.3 Å². The number of hydrogen-bond donors (Lipinski definition) is 0. The van der Waals surface area contributed by atoms with Crippen LogP contribution in [-0.4, -0.2) is 56.5 Å². The maximum atomic E-state index is 13.1. The third-order valence-electron chi connectivity index (χ3n) is 6.15. The molecule has 6 nitrogen and oxygen atoms in total. The number of aryl methyl sites for hydroxylation is 2. The molecule has 2 aromatic carbocycles. The average molecular weight is 408 g/mol.